The van der Waals surface area contributed by atoms with E-state index in [1.54, 1.807) is 41.0 Å². The number of nitrogens with zero attached hydrogens (tertiary/aromatic N) is 5. The van der Waals surface area contributed by atoms with Gasteiger partial charge in [0.2, 0.25) is 0 Å². The highest BCUT2D eigenvalue weighted by molar-refractivity contribution is 5.93. The number of carbonyl (C=O) groups is 2. The van der Waals surface area contributed by atoms with Gasteiger partial charge in [-0.05, 0) is 44.2 Å². The number of carbonyl (C=O) groups excluding carboxylic acids is 1. The lowest BCUT2D eigenvalue weighted by Crippen LogP contribution is -2.26. The minimum atomic E-state index is -1.07. The highest BCUT2D eigenvalue weighted by atomic mass is 16.5. The Morgan fingerprint density at radius 2 is 1.97 bits per heavy atom. The van der Waals surface area contributed by atoms with Gasteiger partial charge in [-0.3, -0.25) is 14.8 Å². The van der Waals surface area contributed by atoms with Gasteiger partial charge in [0.25, 0.3) is 5.91 Å². The third kappa shape index (κ3) is 4.57. The fraction of sp³-hybridized carbons (Fsp3) is 0.250. The summed E-state index contributed by atoms with van der Waals surface area (Å²) >= 11 is 0. The minimum absolute atomic E-state index is 0.200. The second kappa shape index (κ2) is 8.51. The topological polar surface area (TPSA) is 110 Å². The molecule has 0 unspecified atom stereocenters. The number of ether oxygens (including phenoxy) is 1. The van der Waals surface area contributed by atoms with E-state index in [0.29, 0.717) is 29.4 Å². The molecule has 0 aliphatic carbocycles. The van der Waals surface area contributed by atoms with Crippen LogP contribution >= 0.6 is 0 Å². The molecular weight excluding hydrogens is 374 g/mol. The first-order valence-corrected chi connectivity index (χ1v) is 8.98. The van der Waals surface area contributed by atoms with E-state index in [2.05, 4.69) is 15.1 Å². The van der Waals surface area contributed by atoms with E-state index in [-0.39, 0.29) is 11.6 Å². The third-order valence-corrected chi connectivity index (χ3v) is 4.25. The van der Waals surface area contributed by atoms with Crippen molar-refractivity contribution in [1.82, 2.24) is 24.6 Å². The van der Waals surface area contributed by atoms with Gasteiger partial charge in [0.15, 0.2) is 12.3 Å². The maximum atomic E-state index is 12.6. The van der Waals surface area contributed by atoms with E-state index in [1.807, 2.05) is 26.0 Å². The number of pyridine rings is 2. The molecule has 0 saturated carbocycles. The molecule has 29 heavy (non-hydrogen) atoms. The summed E-state index contributed by atoms with van der Waals surface area (Å²) in [4.78, 5) is 33.4. The Balaban J connectivity index is 2.01. The molecule has 1 amide bonds. The third-order valence-electron chi connectivity index (χ3n) is 4.25. The zero-order valence-electron chi connectivity index (χ0n) is 16.4. The van der Waals surface area contributed by atoms with Crippen molar-refractivity contribution in [3.8, 4) is 22.8 Å². The van der Waals surface area contributed by atoms with Crippen LogP contribution in [0.5, 0.6) is 5.75 Å². The molecule has 0 atom stereocenters. The standard InChI is InChI=1S/C20H21N5O4/c1-4-24(3)20(28)17-9-18(25(23-17)14-6-5-13(2)21-10-14)16-8-7-15(11-22-16)29-12-19(26)27/h5-11H,4,12H2,1-3H3,(H,26,27). The average molecular weight is 395 g/mol. The van der Waals surface area contributed by atoms with E-state index in [0.717, 1.165) is 5.69 Å². The Labute approximate surface area is 167 Å². The number of carboxylic acids is 1. The fourth-order valence-corrected chi connectivity index (χ4v) is 2.55. The van der Waals surface area contributed by atoms with Crippen LogP contribution in [0.1, 0.15) is 23.1 Å². The largest absolute Gasteiger partial charge is 0.480 e. The number of aromatic nitrogens is 4. The van der Waals surface area contributed by atoms with Crippen LogP contribution in [0.15, 0.2) is 42.7 Å². The summed E-state index contributed by atoms with van der Waals surface area (Å²) in [6, 6.07) is 8.70. The van der Waals surface area contributed by atoms with E-state index in [4.69, 9.17) is 9.84 Å². The second-order valence-corrected chi connectivity index (χ2v) is 6.37. The zero-order valence-corrected chi connectivity index (χ0v) is 16.4. The quantitative estimate of drug-likeness (QED) is 0.653. The van der Waals surface area contributed by atoms with E-state index in [9.17, 15) is 9.59 Å². The molecule has 0 bridgehead atoms. The van der Waals surface area contributed by atoms with Crippen molar-refractivity contribution in [2.75, 3.05) is 20.2 Å². The lowest BCUT2D eigenvalue weighted by Gasteiger charge is -2.11. The molecule has 0 aliphatic heterocycles. The first-order valence-electron chi connectivity index (χ1n) is 8.98. The van der Waals surface area contributed by atoms with Crippen LogP contribution in [-0.2, 0) is 4.79 Å². The monoisotopic (exact) mass is 395 g/mol. The van der Waals surface area contributed by atoms with Crippen LogP contribution in [0.2, 0.25) is 0 Å². The molecular formula is C20H21N5O4. The van der Waals surface area contributed by atoms with Crippen LogP contribution in [0.4, 0.5) is 0 Å². The molecule has 150 valence electrons. The van der Waals surface area contributed by atoms with Crippen molar-refractivity contribution >= 4 is 11.9 Å². The van der Waals surface area contributed by atoms with E-state index in [1.165, 1.54) is 6.20 Å². The number of carboxylic acid groups (broad SMARTS) is 1. The molecule has 3 heterocycles. The first kappa shape index (κ1) is 20.0. The predicted molar refractivity (Wildman–Crippen MR) is 105 cm³/mol. The molecule has 0 aliphatic rings. The summed E-state index contributed by atoms with van der Waals surface area (Å²) in [5.74, 6) is -0.933. The Morgan fingerprint density at radius 1 is 1.17 bits per heavy atom. The Kier molecular flexibility index (Phi) is 5.87. The second-order valence-electron chi connectivity index (χ2n) is 6.37. The number of hydrogen-bond donors (Lipinski definition) is 1. The maximum absolute atomic E-state index is 12.6. The van der Waals surface area contributed by atoms with Crippen molar-refractivity contribution in [1.29, 1.82) is 0 Å². The smallest absolute Gasteiger partial charge is 0.341 e. The predicted octanol–water partition coefficient (Wildman–Crippen LogP) is 2.19. The van der Waals surface area contributed by atoms with Gasteiger partial charge < -0.3 is 14.7 Å². The minimum Gasteiger partial charge on any atom is -0.480 e. The number of aliphatic carboxylic acids is 1. The summed E-state index contributed by atoms with van der Waals surface area (Å²) in [6.07, 6.45) is 3.11. The van der Waals surface area contributed by atoms with Crippen LogP contribution in [0, 0.1) is 6.92 Å². The van der Waals surface area contributed by atoms with Crippen molar-refractivity contribution in [2.45, 2.75) is 13.8 Å². The van der Waals surface area contributed by atoms with Crippen molar-refractivity contribution in [3.63, 3.8) is 0 Å². The molecule has 9 nitrogen and oxygen atoms in total. The average Bonchev–Trinajstić information content (AvgIpc) is 3.17. The summed E-state index contributed by atoms with van der Waals surface area (Å²) < 4.78 is 6.73. The van der Waals surface area contributed by atoms with Gasteiger partial charge >= 0.3 is 5.97 Å². The lowest BCUT2D eigenvalue weighted by atomic mass is 10.2. The lowest BCUT2D eigenvalue weighted by molar-refractivity contribution is -0.139. The zero-order chi connectivity index (χ0) is 21.0. The molecule has 3 rings (SSSR count). The summed E-state index contributed by atoms with van der Waals surface area (Å²) in [5, 5.41) is 13.2. The van der Waals surface area contributed by atoms with Gasteiger partial charge in [0, 0.05) is 19.3 Å². The van der Waals surface area contributed by atoms with E-state index < -0.39 is 12.6 Å². The van der Waals surface area contributed by atoms with Crippen molar-refractivity contribution < 1.29 is 19.4 Å². The molecule has 3 aromatic heterocycles. The molecule has 0 fully saturated rings. The van der Waals surface area contributed by atoms with Crippen LogP contribution in [-0.4, -0.2) is 61.8 Å². The highest BCUT2D eigenvalue weighted by Crippen LogP contribution is 2.24. The molecule has 1 N–H and O–H groups in total. The van der Waals surface area contributed by atoms with Crippen LogP contribution < -0.4 is 4.74 Å². The Morgan fingerprint density at radius 3 is 2.55 bits per heavy atom. The molecule has 0 saturated heterocycles. The number of rotatable bonds is 7. The van der Waals surface area contributed by atoms with Gasteiger partial charge in [0.1, 0.15) is 5.75 Å². The van der Waals surface area contributed by atoms with Gasteiger partial charge in [-0.25, -0.2) is 9.48 Å². The van der Waals surface area contributed by atoms with Crippen molar-refractivity contribution in [3.05, 3.63) is 54.1 Å². The Bertz CT molecular complexity index is 1010. The first-order chi connectivity index (χ1) is 13.9. The molecule has 3 aromatic rings. The van der Waals surface area contributed by atoms with Crippen molar-refractivity contribution in [2.24, 2.45) is 0 Å². The number of aryl methyl sites for hydroxylation is 1. The molecule has 0 aromatic carbocycles. The van der Waals surface area contributed by atoms with E-state index >= 15 is 0 Å². The van der Waals surface area contributed by atoms with Crippen LogP contribution in [0.3, 0.4) is 0 Å². The maximum Gasteiger partial charge on any atom is 0.341 e. The molecule has 0 spiro atoms. The molecule has 9 heteroatoms. The van der Waals surface area contributed by atoms with Gasteiger partial charge in [-0.15, -0.1) is 0 Å². The Hall–Kier alpha value is -3.75. The van der Waals surface area contributed by atoms with Gasteiger partial charge in [-0.2, -0.15) is 5.10 Å². The number of hydrogen-bond acceptors (Lipinski definition) is 6. The normalized spacial score (nSPS) is 10.6. The highest BCUT2D eigenvalue weighted by Gasteiger charge is 2.20. The van der Waals surface area contributed by atoms with Gasteiger partial charge in [-0.1, -0.05) is 0 Å². The summed E-state index contributed by atoms with van der Waals surface area (Å²) in [7, 11) is 1.71. The summed E-state index contributed by atoms with van der Waals surface area (Å²) in [5.41, 5.74) is 3.00. The molecule has 0 radical (unpaired) electrons. The van der Waals surface area contributed by atoms with Gasteiger partial charge in [0.05, 0.1) is 29.5 Å². The van der Waals surface area contributed by atoms with Crippen LogP contribution in [0.25, 0.3) is 17.1 Å². The fourth-order valence-electron chi connectivity index (χ4n) is 2.55. The SMILES string of the molecule is CCN(C)C(=O)c1cc(-c2ccc(OCC(=O)O)cn2)n(-c2ccc(C)nc2)n1. The summed E-state index contributed by atoms with van der Waals surface area (Å²) in [6.45, 7) is 3.88. The number of amides is 1.